The molecule has 0 saturated carbocycles. The number of halogens is 1. The molecule has 0 aliphatic rings. The number of nitrogens with zero attached hydrogens (tertiary/aromatic N) is 2. The van der Waals surface area contributed by atoms with Crippen LogP contribution in [-0.4, -0.2) is 9.97 Å². The predicted octanol–water partition coefficient (Wildman–Crippen LogP) is 4.10. The highest BCUT2D eigenvalue weighted by Crippen LogP contribution is 2.26. The summed E-state index contributed by atoms with van der Waals surface area (Å²) in [4.78, 5) is 10.2. The monoisotopic (exact) mass is 354 g/mol. The molecule has 4 nitrogen and oxygen atoms in total. The molecule has 0 unspecified atom stereocenters. The molecule has 0 bridgehead atoms. The van der Waals surface area contributed by atoms with Crippen LogP contribution in [-0.2, 0) is 12.0 Å². The van der Waals surface area contributed by atoms with Crippen LogP contribution in [0.5, 0.6) is 0 Å². The van der Waals surface area contributed by atoms with Crippen LogP contribution in [0, 0.1) is 6.92 Å². The lowest BCUT2D eigenvalue weighted by Gasteiger charge is -2.19. The van der Waals surface area contributed by atoms with E-state index in [2.05, 4.69) is 63.4 Å². The zero-order valence-corrected chi connectivity index (χ0v) is 14.5. The van der Waals surface area contributed by atoms with Crippen LogP contribution < -0.4 is 11.1 Å². The van der Waals surface area contributed by atoms with Gasteiger partial charge >= 0.3 is 0 Å². The molecule has 0 spiro atoms. The SMILES string of the molecule is Cc1c(N)nc(C(C)(C)C)nc1NCc1cc(Br)cs1. The van der Waals surface area contributed by atoms with E-state index in [0.29, 0.717) is 5.82 Å². The molecule has 108 valence electrons. The first-order valence-corrected chi connectivity index (χ1v) is 8.06. The molecule has 2 rings (SSSR count). The molecule has 0 atom stereocenters. The normalized spacial score (nSPS) is 11.7. The summed E-state index contributed by atoms with van der Waals surface area (Å²) in [5.41, 5.74) is 6.77. The van der Waals surface area contributed by atoms with E-state index in [1.54, 1.807) is 11.3 Å². The molecule has 0 aromatic carbocycles. The first kappa shape index (κ1) is 15.3. The fourth-order valence-corrected chi connectivity index (χ4v) is 3.05. The maximum atomic E-state index is 6.00. The Morgan fingerprint density at radius 3 is 2.60 bits per heavy atom. The van der Waals surface area contributed by atoms with E-state index in [1.807, 2.05) is 6.92 Å². The Hall–Kier alpha value is -1.14. The van der Waals surface area contributed by atoms with Crippen LogP contribution in [0.2, 0.25) is 0 Å². The van der Waals surface area contributed by atoms with Crippen molar-refractivity contribution in [2.24, 2.45) is 0 Å². The fraction of sp³-hybridized carbons (Fsp3) is 0.429. The lowest BCUT2D eigenvalue weighted by molar-refractivity contribution is 0.546. The number of thiophene rings is 1. The molecule has 0 aliphatic carbocycles. The van der Waals surface area contributed by atoms with Gasteiger partial charge in [-0.25, -0.2) is 9.97 Å². The summed E-state index contributed by atoms with van der Waals surface area (Å²) < 4.78 is 1.11. The maximum Gasteiger partial charge on any atom is 0.138 e. The van der Waals surface area contributed by atoms with E-state index >= 15 is 0 Å². The number of nitrogens with one attached hydrogen (secondary N) is 1. The van der Waals surface area contributed by atoms with Crippen molar-refractivity contribution in [1.82, 2.24) is 9.97 Å². The van der Waals surface area contributed by atoms with Gasteiger partial charge in [0.1, 0.15) is 17.5 Å². The molecule has 0 radical (unpaired) electrons. The number of hydrogen-bond acceptors (Lipinski definition) is 5. The lowest BCUT2D eigenvalue weighted by Crippen LogP contribution is -2.19. The average Bonchev–Trinajstić information content (AvgIpc) is 2.75. The third kappa shape index (κ3) is 3.49. The summed E-state index contributed by atoms with van der Waals surface area (Å²) >= 11 is 5.16. The van der Waals surface area contributed by atoms with Crippen molar-refractivity contribution in [1.29, 1.82) is 0 Å². The lowest BCUT2D eigenvalue weighted by atomic mass is 9.95. The highest BCUT2D eigenvalue weighted by Gasteiger charge is 2.20. The first-order valence-electron chi connectivity index (χ1n) is 6.39. The molecular weight excluding hydrogens is 336 g/mol. The molecule has 2 heterocycles. The molecule has 0 aliphatic heterocycles. The van der Waals surface area contributed by atoms with Gasteiger partial charge in [0.05, 0.1) is 6.54 Å². The molecule has 0 saturated heterocycles. The summed E-state index contributed by atoms with van der Waals surface area (Å²) in [6.07, 6.45) is 0. The van der Waals surface area contributed by atoms with Gasteiger partial charge in [-0.2, -0.15) is 0 Å². The highest BCUT2D eigenvalue weighted by molar-refractivity contribution is 9.10. The minimum absolute atomic E-state index is 0.121. The molecule has 2 aromatic rings. The van der Waals surface area contributed by atoms with Gasteiger partial charge in [0.15, 0.2) is 0 Å². The predicted molar refractivity (Wildman–Crippen MR) is 89.2 cm³/mol. The molecule has 2 aromatic heterocycles. The molecule has 0 fully saturated rings. The van der Waals surface area contributed by atoms with E-state index in [4.69, 9.17) is 5.73 Å². The van der Waals surface area contributed by atoms with Gasteiger partial charge in [-0.3, -0.25) is 0 Å². The zero-order chi connectivity index (χ0) is 14.9. The minimum Gasteiger partial charge on any atom is -0.383 e. The fourth-order valence-electron chi connectivity index (χ4n) is 1.66. The molecule has 0 amide bonds. The van der Waals surface area contributed by atoms with E-state index in [9.17, 15) is 0 Å². The Morgan fingerprint density at radius 2 is 2.05 bits per heavy atom. The summed E-state index contributed by atoms with van der Waals surface area (Å²) in [5, 5.41) is 5.42. The second-order valence-electron chi connectivity index (χ2n) is 5.74. The second kappa shape index (κ2) is 5.69. The minimum atomic E-state index is -0.121. The van der Waals surface area contributed by atoms with E-state index in [0.717, 1.165) is 28.2 Å². The van der Waals surface area contributed by atoms with Crippen LogP contribution in [0.15, 0.2) is 15.9 Å². The number of nitrogens with two attached hydrogens (primary N) is 1. The van der Waals surface area contributed by atoms with Crippen molar-refractivity contribution in [3.05, 3.63) is 32.2 Å². The number of rotatable bonds is 3. The van der Waals surface area contributed by atoms with Crippen LogP contribution >= 0.6 is 27.3 Å². The standard InChI is InChI=1S/C14H19BrN4S/c1-8-11(16)18-13(14(2,3)4)19-12(8)17-6-10-5-9(15)7-20-10/h5,7H,6H2,1-4H3,(H3,16,17,18,19). The first-order chi connectivity index (χ1) is 9.27. The van der Waals surface area contributed by atoms with Crippen molar-refractivity contribution in [2.75, 3.05) is 11.1 Å². The third-order valence-corrected chi connectivity index (χ3v) is 4.60. The third-order valence-electron chi connectivity index (χ3n) is 2.91. The Morgan fingerprint density at radius 1 is 1.35 bits per heavy atom. The van der Waals surface area contributed by atoms with Crippen molar-refractivity contribution >= 4 is 38.9 Å². The van der Waals surface area contributed by atoms with Gasteiger partial charge < -0.3 is 11.1 Å². The van der Waals surface area contributed by atoms with Crippen molar-refractivity contribution in [3.8, 4) is 0 Å². The van der Waals surface area contributed by atoms with Gasteiger partial charge in [0.25, 0.3) is 0 Å². The largest absolute Gasteiger partial charge is 0.383 e. The molecule has 20 heavy (non-hydrogen) atoms. The van der Waals surface area contributed by atoms with Crippen LogP contribution in [0.1, 0.15) is 37.0 Å². The Kier molecular flexibility index (Phi) is 4.34. The second-order valence-corrected chi connectivity index (χ2v) is 7.65. The Balaban J connectivity index is 2.24. The Labute approximate surface area is 132 Å². The molecule has 3 N–H and O–H groups in total. The van der Waals surface area contributed by atoms with E-state index in [1.165, 1.54) is 4.88 Å². The average molecular weight is 355 g/mol. The van der Waals surface area contributed by atoms with E-state index in [-0.39, 0.29) is 5.41 Å². The van der Waals surface area contributed by atoms with Gasteiger partial charge in [-0.15, -0.1) is 11.3 Å². The summed E-state index contributed by atoms with van der Waals surface area (Å²) in [5.74, 6) is 2.11. The summed E-state index contributed by atoms with van der Waals surface area (Å²) in [7, 11) is 0. The summed E-state index contributed by atoms with van der Waals surface area (Å²) in [6, 6.07) is 2.10. The quantitative estimate of drug-likeness (QED) is 0.870. The molecular formula is C14H19BrN4S. The van der Waals surface area contributed by atoms with Crippen LogP contribution in [0.3, 0.4) is 0 Å². The number of hydrogen-bond donors (Lipinski definition) is 2. The van der Waals surface area contributed by atoms with Gasteiger partial charge in [-0.1, -0.05) is 20.8 Å². The molecule has 6 heteroatoms. The van der Waals surface area contributed by atoms with Crippen molar-refractivity contribution < 1.29 is 0 Å². The van der Waals surface area contributed by atoms with E-state index < -0.39 is 0 Å². The maximum absolute atomic E-state index is 6.00. The van der Waals surface area contributed by atoms with Crippen LogP contribution in [0.25, 0.3) is 0 Å². The van der Waals surface area contributed by atoms with Gasteiger partial charge in [0.2, 0.25) is 0 Å². The van der Waals surface area contributed by atoms with Crippen LogP contribution in [0.4, 0.5) is 11.6 Å². The van der Waals surface area contributed by atoms with Crippen molar-refractivity contribution in [2.45, 2.75) is 39.7 Å². The smallest absolute Gasteiger partial charge is 0.138 e. The topological polar surface area (TPSA) is 63.8 Å². The van der Waals surface area contributed by atoms with Gasteiger partial charge in [0, 0.05) is 25.7 Å². The summed E-state index contributed by atoms with van der Waals surface area (Å²) in [6.45, 7) is 8.91. The van der Waals surface area contributed by atoms with Crippen molar-refractivity contribution in [3.63, 3.8) is 0 Å². The zero-order valence-electron chi connectivity index (χ0n) is 12.1. The number of nitrogen functional groups attached to an aromatic ring is 1. The highest BCUT2D eigenvalue weighted by atomic mass is 79.9. The Bertz CT molecular complexity index is 616. The van der Waals surface area contributed by atoms with Gasteiger partial charge in [-0.05, 0) is 28.9 Å². The number of aromatic nitrogens is 2. The number of anilines is 2.